The number of rotatable bonds is 8. The fourth-order valence-corrected chi connectivity index (χ4v) is 3.47. The third-order valence-electron chi connectivity index (χ3n) is 3.40. The molecule has 1 heterocycles. The molecule has 2 N–H and O–H groups in total. The number of nitrogens with one attached hydrogen (secondary N) is 2. The van der Waals surface area contributed by atoms with Crippen molar-refractivity contribution in [1.82, 2.24) is 10.0 Å². The van der Waals surface area contributed by atoms with Crippen LogP contribution in [0.3, 0.4) is 0 Å². The minimum absolute atomic E-state index is 0.111. The zero-order valence-corrected chi connectivity index (χ0v) is 14.9. The van der Waals surface area contributed by atoms with Gasteiger partial charge in [-0.2, -0.15) is 4.72 Å². The van der Waals surface area contributed by atoms with Gasteiger partial charge in [0.25, 0.3) is 0 Å². The van der Waals surface area contributed by atoms with Gasteiger partial charge in [-0.25, -0.2) is 8.42 Å². The van der Waals surface area contributed by atoms with Crippen molar-refractivity contribution in [2.24, 2.45) is 0 Å². The van der Waals surface area contributed by atoms with Crippen LogP contribution in [0.25, 0.3) is 0 Å². The van der Waals surface area contributed by atoms with Crippen molar-refractivity contribution in [1.29, 1.82) is 0 Å². The molecule has 136 valence electrons. The van der Waals surface area contributed by atoms with Crippen LogP contribution in [0.1, 0.15) is 12.7 Å². The van der Waals surface area contributed by atoms with E-state index >= 15 is 0 Å². The second kappa shape index (κ2) is 8.04. The predicted molar refractivity (Wildman–Crippen MR) is 89.9 cm³/mol. The first-order chi connectivity index (χ1) is 11.9. The van der Waals surface area contributed by atoms with E-state index < -0.39 is 22.0 Å². The summed E-state index contributed by atoms with van der Waals surface area (Å²) in [6, 6.07) is 6.80. The average molecular weight is 368 g/mol. The van der Waals surface area contributed by atoms with Crippen molar-refractivity contribution in [2.45, 2.75) is 24.4 Å². The second-order valence-corrected chi connectivity index (χ2v) is 6.84. The summed E-state index contributed by atoms with van der Waals surface area (Å²) in [6.45, 7) is 1.61. The molecule has 9 heteroatoms. The van der Waals surface area contributed by atoms with Gasteiger partial charge in [-0.05, 0) is 31.2 Å². The van der Waals surface area contributed by atoms with Gasteiger partial charge in [0.1, 0.15) is 22.2 Å². The summed E-state index contributed by atoms with van der Waals surface area (Å²) >= 11 is 0. The maximum Gasteiger partial charge on any atom is 0.245 e. The Morgan fingerprint density at radius 2 is 2.00 bits per heavy atom. The quantitative estimate of drug-likeness (QED) is 0.727. The Labute approximate surface area is 146 Å². The molecular formula is C16H20N2O6S. The Morgan fingerprint density at radius 3 is 2.60 bits per heavy atom. The molecule has 0 saturated heterocycles. The van der Waals surface area contributed by atoms with Crippen molar-refractivity contribution in [3.63, 3.8) is 0 Å². The number of methoxy groups -OCH3 is 2. The minimum Gasteiger partial charge on any atom is -0.497 e. The Morgan fingerprint density at radius 1 is 1.24 bits per heavy atom. The molecule has 0 saturated carbocycles. The summed E-state index contributed by atoms with van der Waals surface area (Å²) in [6.07, 6.45) is 1.49. The third-order valence-corrected chi connectivity index (χ3v) is 4.96. The van der Waals surface area contributed by atoms with Crippen molar-refractivity contribution in [3.05, 3.63) is 42.4 Å². The normalized spacial score (nSPS) is 12.4. The van der Waals surface area contributed by atoms with E-state index in [0.717, 1.165) is 0 Å². The van der Waals surface area contributed by atoms with Crippen molar-refractivity contribution in [2.75, 3.05) is 14.2 Å². The molecule has 1 atom stereocenters. The van der Waals surface area contributed by atoms with Crippen LogP contribution in [0.5, 0.6) is 11.5 Å². The zero-order chi connectivity index (χ0) is 18.4. The molecular weight excluding hydrogens is 348 g/mol. The number of carbonyl (C=O) groups excluding carboxylic acids is 1. The van der Waals surface area contributed by atoms with Gasteiger partial charge in [0.2, 0.25) is 15.9 Å². The lowest BCUT2D eigenvalue weighted by molar-refractivity contribution is -0.122. The molecule has 0 fully saturated rings. The van der Waals surface area contributed by atoms with E-state index in [1.807, 2.05) is 0 Å². The molecule has 8 nitrogen and oxygen atoms in total. The van der Waals surface area contributed by atoms with Gasteiger partial charge in [0, 0.05) is 6.07 Å². The van der Waals surface area contributed by atoms with Crippen molar-refractivity contribution in [3.8, 4) is 11.5 Å². The molecule has 2 rings (SSSR count). The first kappa shape index (κ1) is 18.8. The predicted octanol–water partition coefficient (Wildman–Crippen LogP) is 1.28. The molecule has 1 aromatic heterocycles. The van der Waals surface area contributed by atoms with Crippen LogP contribution in [-0.2, 0) is 21.4 Å². The summed E-state index contributed by atoms with van der Waals surface area (Å²) in [5, 5.41) is 2.59. The van der Waals surface area contributed by atoms with Gasteiger partial charge in [0.05, 0.1) is 33.1 Å². The third kappa shape index (κ3) is 4.74. The van der Waals surface area contributed by atoms with E-state index in [2.05, 4.69) is 10.0 Å². The summed E-state index contributed by atoms with van der Waals surface area (Å²) in [4.78, 5) is 12.0. The van der Waals surface area contributed by atoms with E-state index in [0.29, 0.717) is 11.5 Å². The summed E-state index contributed by atoms with van der Waals surface area (Å²) < 4.78 is 42.7. The number of amides is 1. The maximum atomic E-state index is 12.6. The number of sulfonamides is 1. The van der Waals surface area contributed by atoms with Crippen LogP contribution in [-0.4, -0.2) is 34.6 Å². The van der Waals surface area contributed by atoms with Crippen molar-refractivity contribution >= 4 is 15.9 Å². The number of ether oxygens (including phenoxy) is 2. The lowest BCUT2D eigenvalue weighted by atomic mass is 10.3. The highest BCUT2D eigenvalue weighted by molar-refractivity contribution is 7.89. The largest absolute Gasteiger partial charge is 0.497 e. The minimum atomic E-state index is -3.99. The lowest BCUT2D eigenvalue weighted by Crippen LogP contribution is -2.44. The average Bonchev–Trinajstić information content (AvgIpc) is 3.12. The SMILES string of the molecule is COc1ccc(OC)c(S(=O)(=O)N[C@H](C)C(=O)NCc2ccco2)c1. The lowest BCUT2D eigenvalue weighted by Gasteiger charge is -2.16. The van der Waals surface area contributed by atoms with Crippen LogP contribution < -0.4 is 19.5 Å². The van der Waals surface area contributed by atoms with Gasteiger partial charge in [-0.3, -0.25) is 4.79 Å². The van der Waals surface area contributed by atoms with E-state index in [1.165, 1.54) is 39.5 Å². The van der Waals surface area contributed by atoms with Crippen LogP contribution in [0.4, 0.5) is 0 Å². The van der Waals surface area contributed by atoms with Crippen LogP contribution in [0.15, 0.2) is 45.9 Å². The molecule has 0 unspecified atom stereocenters. The molecule has 0 spiro atoms. The van der Waals surface area contributed by atoms with E-state index in [9.17, 15) is 13.2 Å². The highest BCUT2D eigenvalue weighted by atomic mass is 32.2. The van der Waals surface area contributed by atoms with Crippen LogP contribution in [0, 0.1) is 0 Å². The van der Waals surface area contributed by atoms with Crippen LogP contribution in [0.2, 0.25) is 0 Å². The first-order valence-electron chi connectivity index (χ1n) is 7.42. The zero-order valence-electron chi connectivity index (χ0n) is 14.1. The summed E-state index contributed by atoms with van der Waals surface area (Å²) in [5.74, 6) is 0.590. The molecule has 0 radical (unpaired) electrons. The molecule has 1 amide bonds. The van der Waals surface area contributed by atoms with Gasteiger partial charge < -0.3 is 19.2 Å². The Bertz CT molecular complexity index is 817. The maximum absolute atomic E-state index is 12.6. The second-order valence-electron chi connectivity index (χ2n) is 5.16. The number of benzene rings is 1. The molecule has 0 aliphatic carbocycles. The van der Waals surface area contributed by atoms with Crippen molar-refractivity contribution < 1.29 is 27.1 Å². The van der Waals surface area contributed by atoms with E-state index in [4.69, 9.17) is 13.9 Å². The monoisotopic (exact) mass is 368 g/mol. The molecule has 25 heavy (non-hydrogen) atoms. The number of hydrogen-bond donors (Lipinski definition) is 2. The summed E-state index contributed by atoms with van der Waals surface area (Å²) in [5.41, 5.74) is 0. The molecule has 2 aromatic rings. The fraction of sp³-hybridized carbons (Fsp3) is 0.312. The molecule has 1 aromatic carbocycles. The molecule has 0 bridgehead atoms. The highest BCUT2D eigenvalue weighted by Gasteiger charge is 2.25. The van der Waals surface area contributed by atoms with Gasteiger partial charge in [-0.1, -0.05) is 0 Å². The number of furan rings is 1. The van der Waals surface area contributed by atoms with Gasteiger partial charge in [0.15, 0.2) is 0 Å². The number of carbonyl (C=O) groups is 1. The smallest absolute Gasteiger partial charge is 0.245 e. The van der Waals surface area contributed by atoms with Crippen LogP contribution >= 0.6 is 0 Å². The molecule has 0 aliphatic heterocycles. The first-order valence-corrected chi connectivity index (χ1v) is 8.90. The highest BCUT2D eigenvalue weighted by Crippen LogP contribution is 2.28. The fourth-order valence-electron chi connectivity index (χ4n) is 2.08. The van der Waals surface area contributed by atoms with E-state index in [-0.39, 0.29) is 17.2 Å². The Hall–Kier alpha value is -2.52. The topological polar surface area (TPSA) is 107 Å². The van der Waals surface area contributed by atoms with Gasteiger partial charge >= 0.3 is 0 Å². The Balaban J connectivity index is 2.10. The summed E-state index contributed by atoms with van der Waals surface area (Å²) in [7, 11) is -1.20. The number of hydrogen-bond acceptors (Lipinski definition) is 6. The Kier molecular flexibility index (Phi) is 6.05. The standard InChI is InChI=1S/C16H20N2O6S/c1-11(16(19)17-10-13-5-4-8-24-13)18-25(20,21)15-9-12(22-2)6-7-14(15)23-3/h4-9,11,18H,10H2,1-3H3,(H,17,19)/t11-/m1/s1. The molecule has 0 aliphatic rings. The van der Waals surface area contributed by atoms with Gasteiger partial charge in [-0.15, -0.1) is 0 Å². The van der Waals surface area contributed by atoms with E-state index in [1.54, 1.807) is 18.2 Å².